The highest BCUT2D eigenvalue weighted by Crippen LogP contribution is 1.97. The van der Waals surface area contributed by atoms with E-state index in [2.05, 4.69) is 41.6 Å². The molecule has 0 saturated heterocycles. The van der Waals surface area contributed by atoms with Gasteiger partial charge in [0, 0.05) is 18.3 Å². The number of nitrogens with one attached hydrogen (secondary N) is 2. The van der Waals surface area contributed by atoms with Gasteiger partial charge in [0.1, 0.15) is 0 Å². The molecule has 4 nitrogen and oxygen atoms in total. The standard InChI is InChI=1S/C12H22N4/c1-12(2,3)14-7-4-6-13-9-11-5-8-15-16-10-11/h5,8,10,13-14H,4,6-7,9H2,1-3H3. The third-order valence-corrected chi connectivity index (χ3v) is 2.16. The Bertz CT molecular complexity index is 279. The van der Waals surface area contributed by atoms with Crippen LogP contribution in [0.25, 0.3) is 0 Å². The van der Waals surface area contributed by atoms with Crippen LogP contribution >= 0.6 is 0 Å². The van der Waals surface area contributed by atoms with Gasteiger partial charge in [0.2, 0.25) is 0 Å². The molecule has 0 unspecified atom stereocenters. The van der Waals surface area contributed by atoms with Crippen LogP contribution in [-0.4, -0.2) is 28.8 Å². The maximum atomic E-state index is 3.83. The Labute approximate surface area is 97.9 Å². The van der Waals surface area contributed by atoms with Crippen molar-refractivity contribution in [2.24, 2.45) is 0 Å². The number of aromatic nitrogens is 2. The van der Waals surface area contributed by atoms with E-state index < -0.39 is 0 Å². The van der Waals surface area contributed by atoms with E-state index in [1.807, 2.05) is 6.07 Å². The molecule has 90 valence electrons. The Kier molecular flexibility index (Phi) is 5.35. The van der Waals surface area contributed by atoms with E-state index >= 15 is 0 Å². The molecular formula is C12H22N4. The maximum absolute atomic E-state index is 3.83. The van der Waals surface area contributed by atoms with Crippen LogP contribution in [0, 0.1) is 0 Å². The lowest BCUT2D eigenvalue weighted by atomic mass is 10.1. The van der Waals surface area contributed by atoms with Gasteiger partial charge < -0.3 is 10.6 Å². The summed E-state index contributed by atoms with van der Waals surface area (Å²) in [7, 11) is 0. The van der Waals surface area contributed by atoms with Gasteiger partial charge in [-0.2, -0.15) is 10.2 Å². The van der Waals surface area contributed by atoms with E-state index in [0.29, 0.717) is 0 Å². The largest absolute Gasteiger partial charge is 0.313 e. The first kappa shape index (κ1) is 13.1. The summed E-state index contributed by atoms with van der Waals surface area (Å²) in [5.41, 5.74) is 1.40. The van der Waals surface area contributed by atoms with Crippen molar-refractivity contribution in [1.82, 2.24) is 20.8 Å². The lowest BCUT2D eigenvalue weighted by molar-refractivity contribution is 0.418. The zero-order valence-corrected chi connectivity index (χ0v) is 10.5. The summed E-state index contributed by atoms with van der Waals surface area (Å²) in [5.74, 6) is 0. The molecule has 1 heterocycles. The van der Waals surface area contributed by atoms with Crippen LogP contribution in [-0.2, 0) is 6.54 Å². The van der Waals surface area contributed by atoms with Gasteiger partial charge in [-0.15, -0.1) is 0 Å². The molecule has 1 rings (SSSR count). The Morgan fingerprint density at radius 1 is 1.19 bits per heavy atom. The number of rotatable bonds is 6. The van der Waals surface area contributed by atoms with E-state index in [9.17, 15) is 0 Å². The summed E-state index contributed by atoms with van der Waals surface area (Å²) in [6, 6.07) is 1.98. The highest BCUT2D eigenvalue weighted by Gasteiger charge is 2.06. The predicted molar refractivity (Wildman–Crippen MR) is 66.1 cm³/mol. The molecule has 0 aliphatic rings. The predicted octanol–water partition coefficient (Wildman–Crippen LogP) is 1.34. The van der Waals surface area contributed by atoms with Crippen LogP contribution in [0.4, 0.5) is 0 Å². The average molecular weight is 222 g/mol. The highest BCUT2D eigenvalue weighted by atomic mass is 15.1. The van der Waals surface area contributed by atoms with Crippen molar-refractivity contribution in [1.29, 1.82) is 0 Å². The fourth-order valence-electron chi connectivity index (χ4n) is 1.33. The maximum Gasteiger partial charge on any atom is 0.0541 e. The van der Waals surface area contributed by atoms with E-state index in [1.54, 1.807) is 12.4 Å². The van der Waals surface area contributed by atoms with Crippen molar-refractivity contribution < 1.29 is 0 Å². The molecule has 0 radical (unpaired) electrons. The fourth-order valence-corrected chi connectivity index (χ4v) is 1.33. The SMILES string of the molecule is CC(C)(C)NCCCNCc1ccnnc1. The van der Waals surface area contributed by atoms with E-state index in [4.69, 9.17) is 0 Å². The van der Waals surface area contributed by atoms with Crippen LogP contribution in [0.3, 0.4) is 0 Å². The first-order chi connectivity index (χ1) is 7.58. The van der Waals surface area contributed by atoms with Crippen molar-refractivity contribution in [3.05, 3.63) is 24.0 Å². The van der Waals surface area contributed by atoms with Gasteiger partial charge in [0.15, 0.2) is 0 Å². The Balaban J connectivity index is 2.01. The second-order valence-corrected chi connectivity index (χ2v) is 4.96. The Morgan fingerprint density at radius 2 is 2.00 bits per heavy atom. The highest BCUT2D eigenvalue weighted by molar-refractivity contribution is 5.04. The molecule has 0 amide bonds. The topological polar surface area (TPSA) is 49.8 Å². The van der Waals surface area contributed by atoms with Crippen LogP contribution in [0.1, 0.15) is 32.8 Å². The molecule has 4 heteroatoms. The molecule has 1 aromatic heterocycles. The van der Waals surface area contributed by atoms with Gasteiger partial charge in [-0.1, -0.05) is 0 Å². The smallest absolute Gasteiger partial charge is 0.0541 e. The minimum atomic E-state index is 0.217. The van der Waals surface area contributed by atoms with Crippen LogP contribution in [0.5, 0.6) is 0 Å². The molecule has 0 spiro atoms. The zero-order chi connectivity index (χ0) is 11.9. The number of hydrogen-bond acceptors (Lipinski definition) is 4. The molecule has 0 aromatic carbocycles. The third-order valence-electron chi connectivity index (χ3n) is 2.16. The summed E-state index contributed by atoms with van der Waals surface area (Å²) >= 11 is 0. The van der Waals surface area contributed by atoms with Crippen molar-refractivity contribution in [2.45, 2.75) is 39.3 Å². The van der Waals surface area contributed by atoms with E-state index in [-0.39, 0.29) is 5.54 Å². The zero-order valence-electron chi connectivity index (χ0n) is 10.5. The monoisotopic (exact) mass is 222 g/mol. The lowest BCUT2D eigenvalue weighted by Crippen LogP contribution is -2.37. The Hall–Kier alpha value is -1.00. The number of hydrogen-bond donors (Lipinski definition) is 2. The lowest BCUT2D eigenvalue weighted by Gasteiger charge is -2.20. The normalized spacial score (nSPS) is 11.7. The molecule has 0 atom stereocenters. The molecule has 0 bridgehead atoms. The molecule has 1 aromatic rings. The summed E-state index contributed by atoms with van der Waals surface area (Å²) < 4.78 is 0. The second-order valence-electron chi connectivity index (χ2n) is 4.96. The molecule has 0 fully saturated rings. The quantitative estimate of drug-likeness (QED) is 0.713. The molecule has 16 heavy (non-hydrogen) atoms. The van der Waals surface area contributed by atoms with Crippen molar-refractivity contribution >= 4 is 0 Å². The van der Waals surface area contributed by atoms with Gasteiger partial charge in [-0.3, -0.25) is 0 Å². The minimum absolute atomic E-state index is 0.217. The fraction of sp³-hybridized carbons (Fsp3) is 0.667. The molecule has 2 N–H and O–H groups in total. The van der Waals surface area contributed by atoms with Crippen molar-refractivity contribution in [3.63, 3.8) is 0 Å². The second kappa shape index (κ2) is 6.55. The van der Waals surface area contributed by atoms with E-state index in [0.717, 1.165) is 26.1 Å². The molecular weight excluding hydrogens is 200 g/mol. The van der Waals surface area contributed by atoms with Gasteiger partial charge in [-0.05, 0) is 51.9 Å². The summed E-state index contributed by atoms with van der Waals surface area (Å²) in [6.07, 6.45) is 4.65. The summed E-state index contributed by atoms with van der Waals surface area (Å²) in [6.45, 7) is 9.48. The first-order valence-corrected chi connectivity index (χ1v) is 5.79. The minimum Gasteiger partial charge on any atom is -0.313 e. The molecule has 0 aliphatic carbocycles. The summed E-state index contributed by atoms with van der Waals surface area (Å²) in [5, 5.41) is 14.4. The molecule has 0 saturated carbocycles. The summed E-state index contributed by atoms with van der Waals surface area (Å²) in [4.78, 5) is 0. The number of nitrogens with zero attached hydrogens (tertiary/aromatic N) is 2. The van der Waals surface area contributed by atoms with Crippen molar-refractivity contribution in [2.75, 3.05) is 13.1 Å². The van der Waals surface area contributed by atoms with Crippen LogP contribution < -0.4 is 10.6 Å². The molecule has 0 aliphatic heterocycles. The third kappa shape index (κ3) is 6.48. The van der Waals surface area contributed by atoms with Crippen LogP contribution in [0.15, 0.2) is 18.5 Å². The average Bonchev–Trinajstić information content (AvgIpc) is 2.23. The van der Waals surface area contributed by atoms with Gasteiger partial charge in [0.25, 0.3) is 0 Å². The van der Waals surface area contributed by atoms with Crippen molar-refractivity contribution in [3.8, 4) is 0 Å². The van der Waals surface area contributed by atoms with Gasteiger partial charge >= 0.3 is 0 Å². The van der Waals surface area contributed by atoms with Gasteiger partial charge in [0.05, 0.1) is 6.20 Å². The first-order valence-electron chi connectivity index (χ1n) is 5.79. The van der Waals surface area contributed by atoms with Crippen LogP contribution in [0.2, 0.25) is 0 Å². The Morgan fingerprint density at radius 3 is 2.62 bits per heavy atom. The van der Waals surface area contributed by atoms with Gasteiger partial charge in [-0.25, -0.2) is 0 Å². The van der Waals surface area contributed by atoms with E-state index in [1.165, 1.54) is 5.56 Å².